The molecule has 0 aliphatic heterocycles. The molecule has 0 N–H and O–H groups in total. The van der Waals surface area contributed by atoms with Gasteiger partial charge in [0.25, 0.3) is 0 Å². The summed E-state index contributed by atoms with van der Waals surface area (Å²) < 4.78 is 64.3. The molecule has 0 amide bonds. The maximum atomic E-state index is 11.8. The first-order chi connectivity index (χ1) is 20.5. The Labute approximate surface area is 252 Å². The molecule has 0 radical (unpaired) electrons. The van der Waals surface area contributed by atoms with Crippen LogP contribution in [0.4, 0.5) is 0 Å². The molecule has 13 heteroatoms. The molecule has 0 aromatic carbocycles. The minimum Gasteiger partial charge on any atom is -0.463 e. The van der Waals surface area contributed by atoms with Crippen molar-refractivity contribution in [1.29, 1.82) is 0 Å². The van der Waals surface area contributed by atoms with E-state index in [-0.39, 0.29) is 12.6 Å². The van der Waals surface area contributed by atoms with E-state index in [4.69, 9.17) is 56.8 Å². The van der Waals surface area contributed by atoms with Gasteiger partial charge in [0.05, 0.1) is 144 Å². The number of carbonyl (C=O) groups excluding carboxylic acids is 1. The Kier molecular flexibility index (Phi) is 32.2. The van der Waals surface area contributed by atoms with Gasteiger partial charge in [0.15, 0.2) is 0 Å². The summed E-state index contributed by atoms with van der Waals surface area (Å²) in [5, 5.41) is 0. The number of esters is 1. The van der Waals surface area contributed by atoms with Crippen LogP contribution in [0.15, 0.2) is 0 Å². The summed E-state index contributed by atoms with van der Waals surface area (Å²) in [6, 6.07) is 0. The van der Waals surface area contributed by atoms with Gasteiger partial charge in [-0.15, -0.1) is 0 Å². The van der Waals surface area contributed by atoms with Gasteiger partial charge in [0.2, 0.25) is 0 Å². The lowest BCUT2D eigenvalue weighted by Gasteiger charge is -2.20. The van der Waals surface area contributed by atoms with Crippen molar-refractivity contribution in [2.24, 2.45) is 5.41 Å². The topological polar surface area (TPSA) is 128 Å². The van der Waals surface area contributed by atoms with Crippen molar-refractivity contribution in [3.05, 3.63) is 0 Å². The second-order valence-electron chi connectivity index (χ2n) is 9.49. The molecule has 0 aromatic rings. The van der Waals surface area contributed by atoms with E-state index in [2.05, 4.69) is 0 Å². The Morgan fingerprint density at radius 3 is 0.833 bits per heavy atom. The molecular formula is C29H58O13. The lowest BCUT2D eigenvalue weighted by molar-refractivity contribution is -0.155. The van der Waals surface area contributed by atoms with Crippen LogP contribution in [-0.2, 0) is 61.6 Å². The van der Waals surface area contributed by atoms with Gasteiger partial charge in [-0.3, -0.25) is 4.79 Å². The van der Waals surface area contributed by atoms with E-state index in [0.29, 0.717) is 139 Å². The second-order valence-corrected chi connectivity index (χ2v) is 9.49. The van der Waals surface area contributed by atoms with Crippen LogP contribution >= 0.6 is 0 Å². The molecule has 0 saturated heterocycles. The highest BCUT2D eigenvalue weighted by Gasteiger charge is 2.26. The number of hydrogen-bond donors (Lipinski definition) is 0. The first-order valence-electron chi connectivity index (χ1n) is 15.0. The molecule has 0 fully saturated rings. The van der Waals surface area contributed by atoms with Crippen molar-refractivity contribution in [3.8, 4) is 0 Å². The average molecular weight is 615 g/mol. The Hall–Kier alpha value is -0.970. The molecule has 252 valence electrons. The van der Waals surface area contributed by atoms with E-state index in [1.807, 2.05) is 20.8 Å². The van der Waals surface area contributed by atoms with E-state index in [9.17, 15) is 4.79 Å². The molecule has 0 aromatic heterocycles. The highest BCUT2D eigenvalue weighted by molar-refractivity contribution is 5.75. The van der Waals surface area contributed by atoms with Crippen molar-refractivity contribution in [1.82, 2.24) is 0 Å². The Bertz CT molecular complexity index is 552. The normalized spacial score (nSPS) is 11.8. The van der Waals surface area contributed by atoms with Crippen LogP contribution in [0, 0.1) is 5.41 Å². The number of hydrogen-bond acceptors (Lipinski definition) is 13. The molecule has 0 rings (SSSR count). The molecule has 0 saturated carbocycles. The van der Waals surface area contributed by atoms with Gasteiger partial charge >= 0.3 is 5.97 Å². The summed E-state index contributed by atoms with van der Waals surface area (Å²) in [6.07, 6.45) is 0.738. The fourth-order valence-electron chi connectivity index (χ4n) is 2.76. The van der Waals surface area contributed by atoms with Crippen LogP contribution < -0.4 is 0 Å². The van der Waals surface area contributed by atoms with Crippen molar-refractivity contribution in [2.75, 3.05) is 152 Å². The largest absolute Gasteiger partial charge is 0.463 e. The lowest BCUT2D eigenvalue weighted by Crippen LogP contribution is -2.27. The van der Waals surface area contributed by atoms with E-state index in [0.717, 1.165) is 6.42 Å². The fourth-order valence-corrected chi connectivity index (χ4v) is 2.76. The average Bonchev–Trinajstić information content (AvgIpc) is 2.99. The molecule has 0 atom stereocenters. The van der Waals surface area contributed by atoms with E-state index in [1.165, 1.54) is 0 Å². The van der Waals surface area contributed by atoms with Gasteiger partial charge in [-0.2, -0.15) is 0 Å². The summed E-state index contributed by atoms with van der Waals surface area (Å²) in [5.41, 5.74) is -0.454. The van der Waals surface area contributed by atoms with Crippen LogP contribution in [0.5, 0.6) is 0 Å². The first kappa shape index (κ1) is 41.0. The van der Waals surface area contributed by atoms with Crippen molar-refractivity contribution >= 4 is 5.97 Å². The third-order valence-electron chi connectivity index (χ3n) is 5.68. The number of methoxy groups -OCH3 is 1. The third kappa shape index (κ3) is 30.5. The Morgan fingerprint density at radius 1 is 0.405 bits per heavy atom. The second kappa shape index (κ2) is 32.9. The van der Waals surface area contributed by atoms with Crippen molar-refractivity contribution < 1.29 is 61.6 Å². The zero-order valence-electron chi connectivity index (χ0n) is 26.6. The van der Waals surface area contributed by atoms with E-state index >= 15 is 0 Å². The molecule has 0 unspecified atom stereocenters. The smallest absolute Gasteiger partial charge is 0.311 e. The molecule has 0 aliphatic carbocycles. The highest BCUT2D eigenvalue weighted by atomic mass is 16.6. The van der Waals surface area contributed by atoms with Gasteiger partial charge in [-0.25, -0.2) is 0 Å². The van der Waals surface area contributed by atoms with Crippen LogP contribution in [0.3, 0.4) is 0 Å². The zero-order valence-corrected chi connectivity index (χ0v) is 26.6. The quantitative estimate of drug-likeness (QED) is 0.0761. The molecule has 0 aliphatic rings. The van der Waals surface area contributed by atoms with Gasteiger partial charge in [-0.05, 0) is 20.3 Å². The van der Waals surface area contributed by atoms with Gasteiger partial charge in [-0.1, -0.05) is 6.92 Å². The van der Waals surface area contributed by atoms with Gasteiger partial charge < -0.3 is 56.8 Å². The molecule has 42 heavy (non-hydrogen) atoms. The maximum Gasteiger partial charge on any atom is 0.311 e. The maximum absolute atomic E-state index is 11.8. The van der Waals surface area contributed by atoms with Crippen molar-refractivity contribution in [2.45, 2.75) is 27.2 Å². The minimum absolute atomic E-state index is 0.199. The van der Waals surface area contributed by atoms with Crippen LogP contribution in [-0.4, -0.2) is 158 Å². The monoisotopic (exact) mass is 614 g/mol. The fraction of sp³-hybridized carbons (Fsp3) is 0.966. The van der Waals surface area contributed by atoms with E-state index in [1.54, 1.807) is 7.11 Å². The number of ether oxygens (including phenoxy) is 12. The summed E-state index contributed by atoms with van der Waals surface area (Å²) in [5.74, 6) is -0.199. The summed E-state index contributed by atoms with van der Waals surface area (Å²) in [4.78, 5) is 11.8. The van der Waals surface area contributed by atoms with Crippen LogP contribution in [0.25, 0.3) is 0 Å². The summed E-state index contributed by atoms with van der Waals surface area (Å²) >= 11 is 0. The molecule has 13 nitrogen and oxygen atoms in total. The highest BCUT2D eigenvalue weighted by Crippen LogP contribution is 2.21. The minimum atomic E-state index is -0.454. The van der Waals surface area contributed by atoms with Crippen molar-refractivity contribution in [3.63, 3.8) is 0 Å². The molecule has 0 bridgehead atoms. The van der Waals surface area contributed by atoms with Gasteiger partial charge in [0.1, 0.15) is 6.61 Å². The molecular weight excluding hydrogens is 556 g/mol. The van der Waals surface area contributed by atoms with E-state index < -0.39 is 5.41 Å². The lowest BCUT2D eigenvalue weighted by atomic mass is 9.91. The Morgan fingerprint density at radius 2 is 0.619 bits per heavy atom. The molecule has 0 heterocycles. The predicted octanol–water partition coefficient (Wildman–Crippen LogP) is 1.78. The summed E-state index contributed by atoms with van der Waals surface area (Å²) in [7, 11) is 1.64. The van der Waals surface area contributed by atoms with Crippen LogP contribution in [0.1, 0.15) is 27.2 Å². The standard InChI is InChI=1S/C29H58O13/c1-5-29(2,3)28(30)42-27-26-41-25-24-40-23-22-39-21-20-38-19-18-37-17-16-36-15-14-35-13-12-34-11-10-33-9-8-32-7-6-31-4/h5-27H2,1-4H3. The van der Waals surface area contributed by atoms with Crippen LogP contribution in [0.2, 0.25) is 0 Å². The predicted molar refractivity (Wildman–Crippen MR) is 155 cm³/mol. The third-order valence-corrected chi connectivity index (χ3v) is 5.68. The molecule has 0 spiro atoms. The zero-order chi connectivity index (χ0) is 30.8. The van der Waals surface area contributed by atoms with Gasteiger partial charge in [0, 0.05) is 7.11 Å². The number of carbonyl (C=O) groups is 1. The first-order valence-corrected chi connectivity index (χ1v) is 15.0. The Balaban J connectivity index is 3.11. The summed E-state index contributed by atoms with van der Waals surface area (Å²) in [6.45, 7) is 16.6. The number of rotatable bonds is 35. The SMILES string of the molecule is CCC(C)(C)C(=O)OCCOCCOCCOCCOCCOCCOCCOCCOCCOCCOCCOC.